The fourth-order valence-electron chi connectivity index (χ4n) is 4.53. The van der Waals surface area contributed by atoms with Gasteiger partial charge in [0, 0.05) is 11.8 Å². The first kappa shape index (κ1) is 14.7. The molecule has 0 aromatic heterocycles. The van der Waals surface area contributed by atoms with E-state index in [0.717, 1.165) is 17.5 Å². The van der Waals surface area contributed by atoms with Crippen LogP contribution in [0.15, 0.2) is 72.8 Å². The normalized spacial score (nSPS) is 31.2. The minimum absolute atomic E-state index is 0.0719. The van der Waals surface area contributed by atoms with E-state index in [4.69, 9.17) is 0 Å². The largest absolute Gasteiger partial charge is 0.388 e. The number of rotatable bonds is 4. The molecule has 2 aliphatic rings. The van der Waals surface area contributed by atoms with Gasteiger partial charge < -0.3 is 10.2 Å². The van der Waals surface area contributed by atoms with Crippen molar-refractivity contribution in [2.75, 3.05) is 0 Å². The molecular weight excluding hydrogens is 284 g/mol. The minimum Gasteiger partial charge on any atom is -0.388 e. The molecule has 0 radical (unpaired) electrons. The lowest BCUT2D eigenvalue weighted by Crippen LogP contribution is -2.30. The predicted octanol–water partition coefficient (Wildman–Crippen LogP) is 3.89. The highest BCUT2D eigenvalue weighted by Gasteiger charge is 2.50. The van der Waals surface area contributed by atoms with Gasteiger partial charge in [-0.05, 0) is 29.4 Å². The third-order valence-corrected chi connectivity index (χ3v) is 5.59. The van der Waals surface area contributed by atoms with Crippen molar-refractivity contribution in [2.45, 2.75) is 18.6 Å². The summed E-state index contributed by atoms with van der Waals surface area (Å²) >= 11 is 0. The zero-order valence-corrected chi connectivity index (χ0v) is 13.0. The second kappa shape index (κ2) is 5.95. The van der Waals surface area contributed by atoms with Crippen molar-refractivity contribution in [3.63, 3.8) is 0 Å². The van der Waals surface area contributed by atoms with Gasteiger partial charge in [0.15, 0.2) is 0 Å². The Bertz CT molecular complexity index is 620. The molecule has 2 bridgehead atoms. The SMILES string of the molecule is O[C@H](c1ccccc1)[C@@H]1[C@@H]([C@@H](O)c2ccccc2)[C@H]2C=C[C@H]1C2. The topological polar surface area (TPSA) is 40.5 Å². The summed E-state index contributed by atoms with van der Waals surface area (Å²) in [5.74, 6) is 0.863. The molecule has 0 saturated heterocycles. The fourth-order valence-corrected chi connectivity index (χ4v) is 4.53. The molecule has 2 heteroatoms. The molecule has 23 heavy (non-hydrogen) atoms. The summed E-state index contributed by atoms with van der Waals surface area (Å²) in [5.41, 5.74) is 1.90. The van der Waals surface area contributed by atoms with Crippen molar-refractivity contribution in [3.8, 4) is 0 Å². The standard InChI is InChI=1S/C21H22O2/c22-20(14-7-3-1-4-8-14)18-16-11-12-17(13-16)19(18)21(23)15-9-5-2-6-10-15/h1-12,16-23H,13H2/t16-,17-,18-,19-,20-,21+/m0/s1. The Kier molecular flexibility index (Phi) is 3.80. The van der Waals surface area contributed by atoms with Crippen molar-refractivity contribution < 1.29 is 10.2 Å². The van der Waals surface area contributed by atoms with Crippen LogP contribution in [0.2, 0.25) is 0 Å². The van der Waals surface area contributed by atoms with Crippen molar-refractivity contribution in [3.05, 3.63) is 83.9 Å². The first-order valence-electron chi connectivity index (χ1n) is 8.40. The summed E-state index contributed by atoms with van der Waals surface area (Å²) in [6.07, 6.45) is 4.45. The van der Waals surface area contributed by atoms with Gasteiger partial charge in [-0.15, -0.1) is 0 Å². The summed E-state index contributed by atoms with van der Waals surface area (Å²) in [6.45, 7) is 0. The Hall–Kier alpha value is -1.90. The summed E-state index contributed by atoms with van der Waals surface area (Å²) < 4.78 is 0. The van der Waals surface area contributed by atoms with Crippen LogP contribution in [0.1, 0.15) is 29.8 Å². The molecule has 0 aliphatic heterocycles. The third kappa shape index (κ3) is 2.52. The van der Waals surface area contributed by atoms with Crippen molar-refractivity contribution in [1.29, 1.82) is 0 Å². The number of hydrogen-bond donors (Lipinski definition) is 2. The predicted molar refractivity (Wildman–Crippen MR) is 90.5 cm³/mol. The monoisotopic (exact) mass is 306 g/mol. The van der Waals surface area contributed by atoms with Crippen LogP contribution in [0.25, 0.3) is 0 Å². The maximum absolute atomic E-state index is 11.0. The van der Waals surface area contributed by atoms with Gasteiger partial charge in [-0.3, -0.25) is 0 Å². The van der Waals surface area contributed by atoms with Gasteiger partial charge in [-0.2, -0.15) is 0 Å². The Morgan fingerprint density at radius 3 is 1.43 bits per heavy atom. The van der Waals surface area contributed by atoms with Gasteiger partial charge in [0.05, 0.1) is 12.2 Å². The smallest absolute Gasteiger partial charge is 0.0827 e. The van der Waals surface area contributed by atoms with Crippen molar-refractivity contribution in [2.24, 2.45) is 23.7 Å². The molecular formula is C21H22O2. The average molecular weight is 306 g/mol. The van der Waals surface area contributed by atoms with E-state index in [-0.39, 0.29) is 11.8 Å². The Labute approximate surface area is 137 Å². The van der Waals surface area contributed by atoms with Gasteiger partial charge in [-0.25, -0.2) is 0 Å². The maximum Gasteiger partial charge on any atom is 0.0827 e. The van der Waals surface area contributed by atoms with E-state index >= 15 is 0 Å². The van der Waals surface area contributed by atoms with Gasteiger partial charge >= 0.3 is 0 Å². The molecule has 2 aliphatic carbocycles. The molecule has 0 unspecified atom stereocenters. The first-order valence-corrected chi connectivity index (χ1v) is 8.40. The Balaban J connectivity index is 1.66. The number of aliphatic hydroxyl groups is 2. The highest BCUT2D eigenvalue weighted by molar-refractivity contribution is 5.26. The van der Waals surface area contributed by atoms with Crippen LogP contribution in [-0.4, -0.2) is 10.2 Å². The van der Waals surface area contributed by atoms with E-state index in [1.165, 1.54) is 0 Å². The molecule has 2 aromatic rings. The van der Waals surface area contributed by atoms with E-state index in [1.54, 1.807) is 0 Å². The summed E-state index contributed by atoms with van der Waals surface area (Å²) in [6, 6.07) is 19.7. The second-order valence-electron chi connectivity index (χ2n) is 6.81. The Morgan fingerprint density at radius 2 is 1.04 bits per heavy atom. The van der Waals surface area contributed by atoms with E-state index in [0.29, 0.717) is 11.8 Å². The van der Waals surface area contributed by atoms with Gasteiger partial charge in [0.2, 0.25) is 0 Å². The highest BCUT2D eigenvalue weighted by atomic mass is 16.3. The third-order valence-electron chi connectivity index (χ3n) is 5.59. The van der Waals surface area contributed by atoms with Crippen LogP contribution >= 0.6 is 0 Å². The molecule has 2 nitrogen and oxygen atoms in total. The van der Waals surface area contributed by atoms with Crippen LogP contribution in [0.4, 0.5) is 0 Å². The molecule has 1 fully saturated rings. The van der Waals surface area contributed by atoms with E-state index in [9.17, 15) is 10.2 Å². The van der Waals surface area contributed by atoms with Crippen LogP contribution in [0.5, 0.6) is 0 Å². The maximum atomic E-state index is 11.0. The molecule has 2 N–H and O–H groups in total. The fraction of sp³-hybridized carbons (Fsp3) is 0.333. The zero-order chi connectivity index (χ0) is 15.8. The van der Waals surface area contributed by atoms with Crippen LogP contribution < -0.4 is 0 Å². The first-order chi connectivity index (χ1) is 11.3. The van der Waals surface area contributed by atoms with Gasteiger partial charge in [0.1, 0.15) is 0 Å². The van der Waals surface area contributed by atoms with Crippen LogP contribution in [-0.2, 0) is 0 Å². The van der Waals surface area contributed by atoms with Gasteiger partial charge in [-0.1, -0.05) is 72.8 Å². The second-order valence-corrected chi connectivity index (χ2v) is 6.81. The van der Waals surface area contributed by atoms with E-state index in [2.05, 4.69) is 12.2 Å². The summed E-state index contributed by atoms with van der Waals surface area (Å²) in [7, 11) is 0. The lowest BCUT2D eigenvalue weighted by molar-refractivity contribution is -0.000923. The Morgan fingerprint density at radius 1 is 0.652 bits per heavy atom. The quantitative estimate of drug-likeness (QED) is 0.841. The van der Waals surface area contributed by atoms with Crippen LogP contribution in [0.3, 0.4) is 0 Å². The molecule has 2 aromatic carbocycles. The lowest BCUT2D eigenvalue weighted by atomic mass is 9.73. The summed E-state index contributed by atoms with van der Waals surface area (Å²) in [4.78, 5) is 0. The minimum atomic E-state index is -0.528. The molecule has 6 atom stereocenters. The number of allylic oxidation sites excluding steroid dienone is 2. The molecule has 0 spiro atoms. The zero-order valence-electron chi connectivity index (χ0n) is 13.0. The average Bonchev–Trinajstić information content (AvgIpc) is 3.23. The molecule has 118 valence electrons. The van der Waals surface area contributed by atoms with Gasteiger partial charge in [0.25, 0.3) is 0 Å². The highest BCUT2D eigenvalue weighted by Crippen LogP contribution is 2.56. The molecule has 1 saturated carbocycles. The summed E-state index contributed by atoms with van der Waals surface area (Å²) in [5, 5.41) is 21.9. The lowest BCUT2D eigenvalue weighted by Gasteiger charge is -2.35. The molecule has 0 heterocycles. The van der Waals surface area contributed by atoms with Crippen LogP contribution in [0, 0.1) is 23.7 Å². The number of fused-ring (bicyclic) bond motifs is 2. The number of benzene rings is 2. The van der Waals surface area contributed by atoms with E-state index < -0.39 is 12.2 Å². The molecule has 0 amide bonds. The van der Waals surface area contributed by atoms with Crippen molar-refractivity contribution in [1.82, 2.24) is 0 Å². The van der Waals surface area contributed by atoms with E-state index in [1.807, 2.05) is 60.7 Å². The number of hydrogen-bond acceptors (Lipinski definition) is 2. The van der Waals surface area contributed by atoms with Crippen molar-refractivity contribution >= 4 is 0 Å². The molecule has 4 rings (SSSR count). The number of aliphatic hydroxyl groups excluding tert-OH is 2.